The molecule has 0 bridgehead atoms. The van der Waals surface area contributed by atoms with Crippen molar-refractivity contribution in [3.05, 3.63) is 126 Å². The van der Waals surface area contributed by atoms with Gasteiger partial charge in [0.15, 0.2) is 0 Å². The first-order valence-electron chi connectivity index (χ1n) is 12.4. The third-order valence-corrected chi connectivity index (χ3v) is 5.87. The number of esters is 1. The average Bonchev–Trinajstić information content (AvgIpc) is 2.97. The second kappa shape index (κ2) is 13.6. The number of carbonyl (C=O) groups excluding carboxylic acids is 2. The van der Waals surface area contributed by atoms with Crippen molar-refractivity contribution < 1.29 is 23.8 Å². The molecule has 0 aliphatic heterocycles. The van der Waals surface area contributed by atoms with Crippen LogP contribution in [0.25, 0.3) is 0 Å². The van der Waals surface area contributed by atoms with Crippen LogP contribution in [0.3, 0.4) is 0 Å². The third kappa shape index (κ3) is 7.93. The van der Waals surface area contributed by atoms with Gasteiger partial charge >= 0.3 is 5.97 Å². The lowest BCUT2D eigenvalue weighted by Gasteiger charge is -2.17. The number of ether oxygens (including phenoxy) is 3. The van der Waals surface area contributed by atoms with Crippen LogP contribution in [0.1, 0.15) is 27.2 Å². The Labute approximate surface area is 222 Å². The number of benzene rings is 3. The fraction of sp³-hybridized carbons (Fsp3) is 0.194. The molecular formula is C31H30N2O5. The molecule has 38 heavy (non-hydrogen) atoms. The lowest BCUT2D eigenvalue weighted by molar-refractivity contribution is -0.142. The summed E-state index contributed by atoms with van der Waals surface area (Å²) in [6.45, 7) is 0.943. The molecule has 3 aromatic carbocycles. The molecule has 0 aliphatic rings. The van der Waals surface area contributed by atoms with Crippen molar-refractivity contribution in [2.24, 2.45) is 0 Å². The average molecular weight is 511 g/mol. The van der Waals surface area contributed by atoms with Gasteiger partial charge in [0.1, 0.15) is 24.1 Å². The molecule has 194 valence electrons. The Bertz CT molecular complexity index is 1290. The highest BCUT2D eigenvalue weighted by Crippen LogP contribution is 2.17. The van der Waals surface area contributed by atoms with Crippen molar-refractivity contribution >= 4 is 11.9 Å². The van der Waals surface area contributed by atoms with Crippen LogP contribution in [0.5, 0.6) is 11.5 Å². The zero-order valence-electron chi connectivity index (χ0n) is 21.2. The van der Waals surface area contributed by atoms with Gasteiger partial charge in [0, 0.05) is 30.3 Å². The normalized spacial score (nSPS) is 11.3. The molecule has 0 fully saturated rings. The van der Waals surface area contributed by atoms with E-state index >= 15 is 0 Å². The minimum atomic E-state index is -0.835. The largest absolute Gasteiger partial charge is 0.493 e. The van der Waals surface area contributed by atoms with Crippen LogP contribution in [0, 0.1) is 0 Å². The first-order valence-corrected chi connectivity index (χ1v) is 12.4. The number of amides is 1. The van der Waals surface area contributed by atoms with Crippen molar-refractivity contribution in [1.82, 2.24) is 10.3 Å². The van der Waals surface area contributed by atoms with E-state index in [9.17, 15) is 9.59 Å². The number of methoxy groups -OCH3 is 1. The van der Waals surface area contributed by atoms with Crippen LogP contribution in [-0.4, -0.2) is 36.6 Å². The fourth-order valence-corrected chi connectivity index (χ4v) is 3.80. The van der Waals surface area contributed by atoms with Crippen molar-refractivity contribution in [3.8, 4) is 11.5 Å². The maximum absolute atomic E-state index is 12.9. The maximum Gasteiger partial charge on any atom is 0.328 e. The molecule has 0 saturated carbocycles. The molecule has 1 heterocycles. The molecule has 1 atom stereocenters. The minimum Gasteiger partial charge on any atom is -0.493 e. The topological polar surface area (TPSA) is 86.8 Å². The van der Waals surface area contributed by atoms with E-state index in [1.165, 1.54) is 7.11 Å². The van der Waals surface area contributed by atoms with E-state index in [1.807, 2.05) is 72.8 Å². The number of nitrogens with zero attached hydrogens (tertiary/aromatic N) is 1. The number of rotatable bonds is 12. The van der Waals surface area contributed by atoms with Crippen LogP contribution < -0.4 is 14.8 Å². The molecule has 0 aliphatic carbocycles. The molecule has 0 saturated heterocycles. The number of aromatic nitrogens is 1. The zero-order chi connectivity index (χ0) is 26.6. The molecule has 7 heteroatoms. The first kappa shape index (κ1) is 26.4. The van der Waals surface area contributed by atoms with Crippen LogP contribution in [0.15, 0.2) is 103 Å². The molecule has 0 unspecified atom stereocenters. The molecule has 0 spiro atoms. The van der Waals surface area contributed by atoms with Gasteiger partial charge in [-0.05, 0) is 59.7 Å². The summed E-state index contributed by atoms with van der Waals surface area (Å²) in [5.41, 5.74) is 3.31. The highest BCUT2D eigenvalue weighted by atomic mass is 16.5. The van der Waals surface area contributed by atoms with E-state index in [0.717, 1.165) is 22.6 Å². The Morgan fingerprint density at radius 3 is 2.16 bits per heavy atom. The molecule has 1 N–H and O–H groups in total. The van der Waals surface area contributed by atoms with Crippen LogP contribution in [0.4, 0.5) is 0 Å². The maximum atomic E-state index is 12.9. The quantitative estimate of drug-likeness (QED) is 0.276. The summed E-state index contributed by atoms with van der Waals surface area (Å²) >= 11 is 0. The van der Waals surface area contributed by atoms with E-state index in [2.05, 4.69) is 10.3 Å². The van der Waals surface area contributed by atoms with Gasteiger partial charge in [-0.15, -0.1) is 0 Å². The molecule has 4 rings (SSSR count). The highest BCUT2D eigenvalue weighted by molar-refractivity contribution is 5.96. The molecule has 4 aromatic rings. The Morgan fingerprint density at radius 2 is 1.47 bits per heavy atom. The number of hydrogen-bond acceptors (Lipinski definition) is 6. The van der Waals surface area contributed by atoms with E-state index < -0.39 is 12.0 Å². The van der Waals surface area contributed by atoms with Gasteiger partial charge in [-0.1, -0.05) is 48.5 Å². The highest BCUT2D eigenvalue weighted by Gasteiger charge is 2.22. The van der Waals surface area contributed by atoms with Gasteiger partial charge < -0.3 is 19.5 Å². The summed E-state index contributed by atoms with van der Waals surface area (Å²) in [4.78, 5) is 29.5. The van der Waals surface area contributed by atoms with E-state index in [4.69, 9.17) is 14.2 Å². The summed E-state index contributed by atoms with van der Waals surface area (Å²) in [6, 6.07) is 29.1. The lowest BCUT2D eigenvalue weighted by Crippen LogP contribution is -2.43. The second-order valence-electron chi connectivity index (χ2n) is 8.62. The van der Waals surface area contributed by atoms with Gasteiger partial charge in [0.2, 0.25) is 0 Å². The molecule has 7 nitrogen and oxygen atoms in total. The van der Waals surface area contributed by atoms with Gasteiger partial charge in [0.25, 0.3) is 5.91 Å². The van der Waals surface area contributed by atoms with Gasteiger partial charge in [-0.3, -0.25) is 9.78 Å². The Morgan fingerprint density at radius 1 is 0.789 bits per heavy atom. The predicted octanol–water partition coefficient (Wildman–Crippen LogP) is 4.80. The zero-order valence-corrected chi connectivity index (χ0v) is 21.2. The van der Waals surface area contributed by atoms with Gasteiger partial charge in [-0.25, -0.2) is 4.79 Å². The summed E-state index contributed by atoms with van der Waals surface area (Å²) in [7, 11) is 1.30. The van der Waals surface area contributed by atoms with Crippen molar-refractivity contribution in [2.45, 2.75) is 25.5 Å². The van der Waals surface area contributed by atoms with Crippen molar-refractivity contribution in [2.75, 3.05) is 13.7 Å². The Balaban J connectivity index is 1.30. The molecular weight excluding hydrogens is 480 g/mol. The monoisotopic (exact) mass is 510 g/mol. The van der Waals surface area contributed by atoms with Gasteiger partial charge in [0.05, 0.1) is 13.7 Å². The summed E-state index contributed by atoms with van der Waals surface area (Å²) in [6.07, 6.45) is 2.72. The predicted molar refractivity (Wildman–Crippen MR) is 144 cm³/mol. The van der Waals surface area contributed by atoms with Crippen molar-refractivity contribution in [3.63, 3.8) is 0 Å². The Kier molecular flexibility index (Phi) is 9.45. The summed E-state index contributed by atoms with van der Waals surface area (Å²) in [5.74, 6) is 0.482. The van der Waals surface area contributed by atoms with E-state index in [-0.39, 0.29) is 12.3 Å². The van der Waals surface area contributed by atoms with E-state index in [0.29, 0.717) is 30.9 Å². The smallest absolute Gasteiger partial charge is 0.328 e. The SMILES string of the molecule is COC(=O)[C@H](Cc1ccc(OCc2ccccc2)cc1)NC(=O)c1ccc(OCCc2ccccn2)cc1. The van der Waals surface area contributed by atoms with Crippen LogP contribution in [0.2, 0.25) is 0 Å². The first-order chi connectivity index (χ1) is 18.6. The van der Waals surface area contributed by atoms with Crippen LogP contribution in [-0.2, 0) is 29.0 Å². The van der Waals surface area contributed by atoms with Crippen molar-refractivity contribution in [1.29, 1.82) is 0 Å². The lowest BCUT2D eigenvalue weighted by atomic mass is 10.0. The van der Waals surface area contributed by atoms with E-state index in [1.54, 1.807) is 30.5 Å². The minimum absolute atomic E-state index is 0.284. The number of nitrogens with one attached hydrogen (secondary N) is 1. The summed E-state index contributed by atoms with van der Waals surface area (Å²) in [5, 5.41) is 2.78. The fourth-order valence-electron chi connectivity index (χ4n) is 3.80. The Hall–Kier alpha value is -4.65. The van der Waals surface area contributed by atoms with Gasteiger partial charge in [-0.2, -0.15) is 0 Å². The third-order valence-electron chi connectivity index (χ3n) is 5.87. The number of pyridine rings is 1. The van der Waals surface area contributed by atoms with Crippen LogP contribution >= 0.6 is 0 Å². The molecule has 0 radical (unpaired) electrons. The second-order valence-corrected chi connectivity index (χ2v) is 8.62. The molecule has 1 amide bonds. The number of carbonyl (C=O) groups is 2. The summed E-state index contributed by atoms with van der Waals surface area (Å²) < 4.78 is 16.5. The molecule has 1 aromatic heterocycles. The standard InChI is InChI=1S/C31H30N2O5/c1-36-31(35)29(21-23-10-14-28(15-11-23)38-22-24-7-3-2-4-8-24)33-30(34)25-12-16-27(17-13-25)37-20-18-26-9-5-6-19-32-26/h2-17,19,29H,18,20-22H2,1H3,(H,33,34)/t29-/m0/s1. The number of hydrogen-bond donors (Lipinski definition) is 1.